The topological polar surface area (TPSA) is 0 Å². The first kappa shape index (κ1) is 14.8. The van der Waals surface area contributed by atoms with Gasteiger partial charge in [0.25, 0.3) is 0 Å². The van der Waals surface area contributed by atoms with Gasteiger partial charge in [-0.15, -0.1) is 0 Å². The Morgan fingerprint density at radius 3 is 1.80 bits per heavy atom. The summed E-state index contributed by atoms with van der Waals surface area (Å²) in [6.45, 7) is 4.40. The smallest absolute Gasteiger partial charge is 0.0184 e. The summed E-state index contributed by atoms with van der Waals surface area (Å²) in [5, 5.41) is 0. The Kier molecular flexibility index (Phi) is 5.86. The van der Waals surface area contributed by atoms with Crippen LogP contribution in [0.1, 0.15) is 50.2 Å². The summed E-state index contributed by atoms with van der Waals surface area (Å²) in [7, 11) is 0. The van der Waals surface area contributed by atoms with Gasteiger partial charge in [0.15, 0.2) is 0 Å². The first-order valence-electron chi connectivity index (χ1n) is 7.95. The standard InChI is InChI=1S/C20H26/c1-3-4-5-6-7-8-18-11-15-20(16-12-18)19-13-9-17(2)10-14-19/h9-16H,3-8H2,1-2H3. The number of hydrogen-bond donors (Lipinski definition) is 0. The van der Waals surface area contributed by atoms with Crippen molar-refractivity contribution in [3.8, 4) is 11.1 Å². The van der Waals surface area contributed by atoms with E-state index in [9.17, 15) is 0 Å². The molecule has 0 aliphatic heterocycles. The molecule has 0 heteroatoms. The molecule has 2 aromatic rings. The largest absolute Gasteiger partial charge is 0.0654 e. The molecule has 0 bridgehead atoms. The number of unbranched alkanes of at least 4 members (excludes halogenated alkanes) is 4. The van der Waals surface area contributed by atoms with Crippen molar-refractivity contribution in [2.75, 3.05) is 0 Å². The van der Waals surface area contributed by atoms with Crippen LogP contribution in [0.5, 0.6) is 0 Å². The normalized spacial score (nSPS) is 10.7. The maximum absolute atomic E-state index is 2.29. The Morgan fingerprint density at radius 1 is 0.650 bits per heavy atom. The number of hydrogen-bond acceptors (Lipinski definition) is 0. The minimum Gasteiger partial charge on any atom is -0.0654 e. The Bertz CT molecular complexity index is 491. The van der Waals surface area contributed by atoms with Crippen LogP contribution in [0, 0.1) is 6.92 Å². The Balaban J connectivity index is 1.88. The van der Waals surface area contributed by atoms with E-state index in [4.69, 9.17) is 0 Å². The van der Waals surface area contributed by atoms with Gasteiger partial charge in [0.2, 0.25) is 0 Å². The maximum Gasteiger partial charge on any atom is -0.0184 e. The average molecular weight is 266 g/mol. The summed E-state index contributed by atoms with van der Waals surface area (Å²) in [4.78, 5) is 0. The molecule has 0 aliphatic rings. The first-order valence-corrected chi connectivity index (χ1v) is 7.95. The molecule has 0 N–H and O–H groups in total. The van der Waals surface area contributed by atoms with E-state index >= 15 is 0 Å². The van der Waals surface area contributed by atoms with Crippen LogP contribution in [0.15, 0.2) is 48.5 Å². The van der Waals surface area contributed by atoms with Crippen molar-refractivity contribution in [1.82, 2.24) is 0 Å². The lowest BCUT2D eigenvalue weighted by molar-refractivity contribution is 0.632. The number of rotatable bonds is 7. The van der Waals surface area contributed by atoms with Crippen molar-refractivity contribution < 1.29 is 0 Å². The van der Waals surface area contributed by atoms with E-state index in [0.29, 0.717) is 0 Å². The van der Waals surface area contributed by atoms with Crippen molar-refractivity contribution in [3.63, 3.8) is 0 Å². The molecule has 0 unspecified atom stereocenters. The van der Waals surface area contributed by atoms with Crippen LogP contribution in [0.3, 0.4) is 0 Å². The predicted molar refractivity (Wildman–Crippen MR) is 89.1 cm³/mol. The fraction of sp³-hybridized carbons (Fsp3) is 0.400. The molecular weight excluding hydrogens is 240 g/mol. The van der Waals surface area contributed by atoms with E-state index in [1.165, 1.54) is 60.8 Å². The predicted octanol–water partition coefficient (Wildman–Crippen LogP) is 6.17. The Hall–Kier alpha value is -1.56. The summed E-state index contributed by atoms with van der Waals surface area (Å²) in [6, 6.07) is 17.8. The Labute approximate surface area is 123 Å². The van der Waals surface area contributed by atoms with Crippen LogP contribution in [0.25, 0.3) is 11.1 Å². The molecule has 0 radical (unpaired) electrons. The summed E-state index contributed by atoms with van der Waals surface area (Å²) >= 11 is 0. The lowest BCUT2D eigenvalue weighted by Crippen LogP contribution is -1.87. The van der Waals surface area contributed by atoms with Crippen molar-refractivity contribution in [3.05, 3.63) is 59.7 Å². The van der Waals surface area contributed by atoms with Crippen LogP contribution < -0.4 is 0 Å². The fourth-order valence-corrected chi connectivity index (χ4v) is 2.54. The van der Waals surface area contributed by atoms with Gasteiger partial charge in [-0.2, -0.15) is 0 Å². The van der Waals surface area contributed by atoms with Crippen LogP contribution in [-0.4, -0.2) is 0 Å². The SMILES string of the molecule is CCCCCCCc1ccc(-c2ccc(C)cc2)cc1. The fourth-order valence-electron chi connectivity index (χ4n) is 2.54. The van der Waals surface area contributed by atoms with Crippen LogP contribution in [0.2, 0.25) is 0 Å². The molecule has 0 saturated carbocycles. The molecule has 0 amide bonds. The van der Waals surface area contributed by atoms with Crippen molar-refractivity contribution in [2.24, 2.45) is 0 Å². The monoisotopic (exact) mass is 266 g/mol. The zero-order chi connectivity index (χ0) is 14.2. The van der Waals surface area contributed by atoms with Gasteiger partial charge in [-0.05, 0) is 36.5 Å². The molecule has 2 rings (SSSR count). The molecule has 2 aromatic carbocycles. The molecule has 0 saturated heterocycles. The quantitative estimate of drug-likeness (QED) is 0.525. The van der Waals surface area contributed by atoms with E-state index in [1.54, 1.807) is 0 Å². The molecule has 0 aromatic heterocycles. The van der Waals surface area contributed by atoms with Crippen molar-refractivity contribution in [2.45, 2.75) is 52.4 Å². The van der Waals surface area contributed by atoms with Crippen LogP contribution in [0.4, 0.5) is 0 Å². The van der Waals surface area contributed by atoms with Gasteiger partial charge in [-0.3, -0.25) is 0 Å². The van der Waals surface area contributed by atoms with E-state index in [2.05, 4.69) is 62.4 Å². The third-order valence-corrected chi connectivity index (χ3v) is 3.91. The van der Waals surface area contributed by atoms with E-state index in [-0.39, 0.29) is 0 Å². The molecule has 20 heavy (non-hydrogen) atoms. The van der Waals surface area contributed by atoms with Gasteiger partial charge in [0, 0.05) is 0 Å². The lowest BCUT2D eigenvalue weighted by Gasteiger charge is -2.05. The maximum atomic E-state index is 2.29. The van der Waals surface area contributed by atoms with Gasteiger partial charge in [-0.25, -0.2) is 0 Å². The zero-order valence-electron chi connectivity index (χ0n) is 12.9. The third kappa shape index (κ3) is 4.52. The van der Waals surface area contributed by atoms with Crippen molar-refractivity contribution >= 4 is 0 Å². The summed E-state index contributed by atoms with van der Waals surface area (Å²) < 4.78 is 0. The van der Waals surface area contributed by atoms with Crippen molar-refractivity contribution in [1.29, 1.82) is 0 Å². The van der Waals surface area contributed by atoms with Crippen LogP contribution >= 0.6 is 0 Å². The summed E-state index contributed by atoms with van der Waals surface area (Å²) in [6.07, 6.45) is 8.00. The van der Waals surface area contributed by atoms with Gasteiger partial charge in [0.05, 0.1) is 0 Å². The molecule has 0 heterocycles. The zero-order valence-corrected chi connectivity index (χ0v) is 12.9. The van der Waals surface area contributed by atoms with E-state index in [0.717, 1.165) is 0 Å². The number of aryl methyl sites for hydroxylation is 2. The molecule has 0 spiro atoms. The van der Waals surface area contributed by atoms with E-state index < -0.39 is 0 Å². The molecule has 0 nitrogen and oxygen atoms in total. The average Bonchev–Trinajstić information content (AvgIpc) is 2.49. The minimum atomic E-state index is 1.22. The van der Waals surface area contributed by atoms with E-state index in [1.807, 2.05) is 0 Å². The highest BCUT2D eigenvalue weighted by atomic mass is 14.0. The second kappa shape index (κ2) is 7.89. The molecule has 0 atom stereocenters. The first-order chi connectivity index (χ1) is 9.79. The summed E-state index contributed by atoms with van der Waals surface area (Å²) in [5.41, 5.74) is 5.42. The highest BCUT2D eigenvalue weighted by Crippen LogP contribution is 2.21. The third-order valence-electron chi connectivity index (χ3n) is 3.91. The Morgan fingerprint density at radius 2 is 1.20 bits per heavy atom. The molecule has 106 valence electrons. The summed E-state index contributed by atoms with van der Waals surface area (Å²) in [5.74, 6) is 0. The lowest BCUT2D eigenvalue weighted by atomic mass is 10.0. The van der Waals surface area contributed by atoms with Gasteiger partial charge >= 0.3 is 0 Å². The van der Waals surface area contributed by atoms with Gasteiger partial charge < -0.3 is 0 Å². The molecule has 0 aliphatic carbocycles. The van der Waals surface area contributed by atoms with Gasteiger partial charge in [-0.1, -0.05) is 86.7 Å². The van der Waals surface area contributed by atoms with Gasteiger partial charge in [0.1, 0.15) is 0 Å². The molecular formula is C20H26. The second-order valence-electron chi connectivity index (χ2n) is 5.73. The van der Waals surface area contributed by atoms with Crippen LogP contribution in [-0.2, 0) is 6.42 Å². The second-order valence-corrected chi connectivity index (χ2v) is 5.73. The molecule has 0 fully saturated rings. The number of benzene rings is 2. The highest BCUT2D eigenvalue weighted by Gasteiger charge is 1.98. The minimum absolute atomic E-state index is 1.22. The highest BCUT2D eigenvalue weighted by molar-refractivity contribution is 5.63.